The Kier molecular flexibility index (Phi) is 5.88. The second-order valence-electron chi connectivity index (χ2n) is 7.24. The zero-order chi connectivity index (χ0) is 20.2. The predicted octanol–water partition coefficient (Wildman–Crippen LogP) is 1.12. The van der Waals surface area contributed by atoms with E-state index in [4.69, 9.17) is 9.47 Å². The molecule has 2 unspecified atom stereocenters. The van der Waals surface area contributed by atoms with Gasteiger partial charge in [0.05, 0.1) is 7.11 Å². The Hall–Kier alpha value is -2.90. The first kappa shape index (κ1) is 20.4. The molecule has 1 heterocycles. The Morgan fingerprint density at radius 3 is 2.33 bits per heavy atom. The van der Waals surface area contributed by atoms with E-state index in [1.165, 1.54) is 0 Å². The Labute approximate surface area is 157 Å². The lowest BCUT2D eigenvalue weighted by Gasteiger charge is -2.28. The summed E-state index contributed by atoms with van der Waals surface area (Å²) < 4.78 is 15.1. The topological polar surface area (TPSA) is 108 Å². The number of hydrogen-bond donors (Lipinski definition) is 1. The van der Waals surface area contributed by atoms with Crippen LogP contribution in [-0.4, -0.2) is 42.1 Å². The fourth-order valence-electron chi connectivity index (χ4n) is 2.66. The summed E-state index contributed by atoms with van der Waals surface area (Å²) in [7, 11) is 1.08. The fourth-order valence-corrected chi connectivity index (χ4v) is 2.66. The average molecular weight is 377 g/mol. The summed E-state index contributed by atoms with van der Waals surface area (Å²) in [4.78, 5) is 49.5. The van der Waals surface area contributed by atoms with Crippen LogP contribution in [0, 0.1) is 5.92 Å². The molecular weight excluding hydrogens is 354 g/mol. The fraction of sp³-hybridized carbons (Fsp3) is 0.474. The van der Waals surface area contributed by atoms with Crippen molar-refractivity contribution >= 4 is 23.8 Å². The summed E-state index contributed by atoms with van der Waals surface area (Å²) >= 11 is 0. The van der Waals surface area contributed by atoms with Gasteiger partial charge in [-0.3, -0.25) is 9.59 Å². The van der Waals surface area contributed by atoms with Gasteiger partial charge < -0.3 is 19.5 Å². The zero-order valence-corrected chi connectivity index (χ0v) is 15.7. The van der Waals surface area contributed by atoms with Crippen molar-refractivity contribution in [1.82, 2.24) is 5.32 Å². The summed E-state index contributed by atoms with van der Waals surface area (Å²) in [5.41, 5.74) is -2.22. The van der Waals surface area contributed by atoms with Gasteiger partial charge in [0.1, 0.15) is 18.1 Å². The number of ether oxygens (including phenoxy) is 3. The van der Waals surface area contributed by atoms with Gasteiger partial charge in [-0.25, -0.2) is 9.59 Å². The third-order valence-corrected chi connectivity index (χ3v) is 3.95. The maximum atomic E-state index is 12.6. The van der Waals surface area contributed by atoms with Crippen molar-refractivity contribution in [2.45, 2.75) is 44.9 Å². The SMILES string of the molecule is COC(=O)C1(C(=O)OC(C)(C)C)CC(C(=O)OCc2ccccc2)C(=O)N1. The lowest BCUT2D eigenvalue weighted by molar-refractivity contribution is -0.172. The van der Waals surface area contributed by atoms with Crippen molar-refractivity contribution in [1.29, 1.82) is 0 Å². The van der Waals surface area contributed by atoms with Gasteiger partial charge in [-0.1, -0.05) is 30.3 Å². The molecule has 2 atom stereocenters. The molecule has 0 bridgehead atoms. The van der Waals surface area contributed by atoms with Crippen LogP contribution in [0.1, 0.15) is 32.8 Å². The van der Waals surface area contributed by atoms with Crippen LogP contribution in [0.25, 0.3) is 0 Å². The maximum Gasteiger partial charge on any atom is 0.344 e. The highest BCUT2D eigenvalue weighted by Gasteiger charge is 2.60. The molecule has 27 heavy (non-hydrogen) atoms. The van der Waals surface area contributed by atoms with Crippen molar-refractivity contribution < 1.29 is 33.4 Å². The van der Waals surface area contributed by atoms with E-state index in [2.05, 4.69) is 10.1 Å². The van der Waals surface area contributed by atoms with Crippen molar-refractivity contribution in [2.75, 3.05) is 7.11 Å². The third kappa shape index (κ3) is 4.64. The predicted molar refractivity (Wildman–Crippen MR) is 93.1 cm³/mol. The van der Waals surface area contributed by atoms with Crippen LogP contribution >= 0.6 is 0 Å². The molecule has 1 aliphatic rings. The molecule has 1 amide bonds. The van der Waals surface area contributed by atoms with Crippen LogP contribution in [0.2, 0.25) is 0 Å². The van der Waals surface area contributed by atoms with E-state index in [0.717, 1.165) is 12.7 Å². The number of hydrogen-bond acceptors (Lipinski definition) is 7. The first-order chi connectivity index (χ1) is 12.6. The Bertz CT molecular complexity index is 738. The molecule has 0 aliphatic carbocycles. The summed E-state index contributed by atoms with van der Waals surface area (Å²) in [6.45, 7) is 4.84. The number of rotatable bonds is 5. The minimum absolute atomic E-state index is 0.0267. The van der Waals surface area contributed by atoms with Gasteiger partial charge in [-0.05, 0) is 26.3 Å². The van der Waals surface area contributed by atoms with Gasteiger partial charge in [0.25, 0.3) is 0 Å². The normalized spacial score (nSPS) is 21.9. The quantitative estimate of drug-likeness (QED) is 0.465. The van der Waals surface area contributed by atoms with Crippen LogP contribution in [0.5, 0.6) is 0 Å². The molecule has 1 aromatic rings. The smallest absolute Gasteiger partial charge is 0.344 e. The maximum absolute atomic E-state index is 12.6. The van der Waals surface area contributed by atoms with Gasteiger partial charge >= 0.3 is 17.9 Å². The van der Waals surface area contributed by atoms with E-state index in [9.17, 15) is 19.2 Å². The number of methoxy groups -OCH3 is 1. The molecule has 8 heteroatoms. The molecule has 1 N–H and O–H groups in total. The van der Waals surface area contributed by atoms with E-state index in [1.807, 2.05) is 6.07 Å². The molecule has 0 aromatic heterocycles. The number of carbonyl (C=O) groups excluding carboxylic acids is 4. The Morgan fingerprint density at radius 1 is 1.15 bits per heavy atom. The van der Waals surface area contributed by atoms with E-state index in [-0.39, 0.29) is 6.61 Å². The van der Waals surface area contributed by atoms with E-state index in [0.29, 0.717) is 0 Å². The second-order valence-corrected chi connectivity index (χ2v) is 7.24. The summed E-state index contributed by atoms with van der Waals surface area (Å²) in [6.07, 6.45) is -0.430. The van der Waals surface area contributed by atoms with Gasteiger partial charge in [0.2, 0.25) is 11.4 Å². The largest absolute Gasteiger partial charge is 0.467 e. The Morgan fingerprint density at radius 2 is 1.78 bits per heavy atom. The zero-order valence-electron chi connectivity index (χ0n) is 15.7. The van der Waals surface area contributed by atoms with Crippen molar-refractivity contribution in [3.8, 4) is 0 Å². The van der Waals surface area contributed by atoms with Gasteiger partial charge in [-0.15, -0.1) is 0 Å². The van der Waals surface area contributed by atoms with Crippen molar-refractivity contribution in [2.24, 2.45) is 5.92 Å². The first-order valence-electron chi connectivity index (χ1n) is 8.43. The first-order valence-corrected chi connectivity index (χ1v) is 8.43. The third-order valence-electron chi connectivity index (χ3n) is 3.95. The van der Waals surface area contributed by atoms with Gasteiger partial charge in [-0.2, -0.15) is 0 Å². The minimum Gasteiger partial charge on any atom is -0.467 e. The number of benzene rings is 1. The lowest BCUT2D eigenvalue weighted by atomic mass is 9.92. The van der Waals surface area contributed by atoms with Crippen LogP contribution in [0.3, 0.4) is 0 Å². The van der Waals surface area contributed by atoms with E-state index in [1.54, 1.807) is 45.0 Å². The second kappa shape index (κ2) is 7.77. The van der Waals surface area contributed by atoms with Crippen molar-refractivity contribution in [3.05, 3.63) is 35.9 Å². The number of carbonyl (C=O) groups is 4. The highest BCUT2D eigenvalue weighted by molar-refractivity contribution is 6.14. The van der Waals surface area contributed by atoms with Crippen LogP contribution in [0.4, 0.5) is 0 Å². The molecular formula is C19H23NO7. The molecule has 1 aliphatic heterocycles. The van der Waals surface area contributed by atoms with Crippen molar-refractivity contribution in [3.63, 3.8) is 0 Å². The standard InChI is InChI=1S/C19H23NO7/c1-18(2,3)27-17(24)19(16(23)25-4)10-13(14(21)20-19)15(22)26-11-12-8-6-5-7-9-12/h5-9,13H,10-11H2,1-4H3,(H,20,21). The molecule has 0 saturated carbocycles. The van der Waals surface area contributed by atoms with Crippen LogP contribution in [-0.2, 0) is 40.0 Å². The monoisotopic (exact) mass is 377 g/mol. The van der Waals surface area contributed by atoms with Crippen LogP contribution in [0.15, 0.2) is 30.3 Å². The molecule has 2 rings (SSSR count). The molecule has 146 valence electrons. The number of esters is 3. The average Bonchev–Trinajstić information content (AvgIpc) is 2.97. The minimum atomic E-state index is -2.07. The molecule has 1 fully saturated rings. The molecule has 0 radical (unpaired) electrons. The van der Waals surface area contributed by atoms with E-state index < -0.39 is 47.3 Å². The summed E-state index contributed by atoms with van der Waals surface area (Å²) in [6, 6.07) is 8.93. The summed E-state index contributed by atoms with van der Waals surface area (Å²) in [5, 5.41) is 2.28. The molecule has 0 spiro atoms. The number of nitrogens with one attached hydrogen (secondary N) is 1. The van der Waals surface area contributed by atoms with Crippen LogP contribution < -0.4 is 5.32 Å². The van der Waals surface area contributed by atoms with Gasteiger partial charge in [0, 0.05) is 6.42 Å². The van der Waals surface area contributed by atoms with Gasteiger partial charge in [0.15, 0.2) is 0 Å². The molecule has 1 aromatic carbocycles. The summed E-state index contributed by atoms with van der Waals surface area (Å²) in [5.74, 6) is -4.91. The highest BCUT2D eigenvalue weighted by atomic mass is 16.6. The Balaban J connectivity index is 2.16. The lowest BCUT2D eigenvalue weighted by Crippen LogP contribution is -2.57. The van der Waals surface area contributed by atoms with E-state index >= 15 is 0 Å². The molecule has 8 nitrogen and oxygen atoms in total. The molecule has 1 saturated heterocycles. The highest BCUT2D eigenvalue weighted by Crippen LogP contribution is 2.30. The number of amides is 1.